The maximum absolute atomic E-state index is 13.2. The van der Waals surface area contributed by atoms with Crippen LogP contribution in [0.25, 0.3) is 0 Å². The van der Waals surface area contributed by atoms with Crippen LogP contribution in [0.3, 0.4) is 0 Å². The summed E-state index contributed by atoms with van der Waals surface area (Å²) >= 11 is 3.40. The van der Waals surface area contributed by atoms with Gasteiger partial charge in [-0.25, -0.2) is 8.78 Å². The lowest BCUT2D eigenvalue weighted by Crippen LogP contribution is -2.39. The van der Waals surface area contributed by atoms with E-state index in [9.17, 15) is 8.78 Å². The molecular weight excluding hydrogens is 314 g/mol. The summed E-state index contributed by atoms with van der Waals surface area (Å²) < 4.78 is 27.3. The third-order valence-electron chi connectivity index (χ3n) is 3.92. The van der Waals surface area contributed by atoms with E-state index < -0.39 is 5.92 Å². The van der Waals surface area contributed by atoms with Crippen LogP contribution in [0, 0.1) is 5.92 Å². The Bertz CT molecular complexity index is 416. The molecule has 0 radical (unpaired) electrons. The lowest BCUT2D eigenvalue weighted by atomic mass is 9.80. The molecule has 1 aliphatic carbocycles. The Hall–Kier alpha value is -0.550. The molecule has 106 valence electrons. The minimum Gasteiger partial charge on any atom is -0.316 e. The van der Waals surface area contributed by atoms with Crippen molar-refractivity contribution in [3.8, 4) is 0 Å². The van der Waals surface area contributed by atoms with Crippen LogP contribution in [0.4, 0.5) is 8.78 Å². The molecule has 1 aromatic heterocycles. The summed E-state index contributed by atoms with van der Waals surface area (Å²) in [4.78, 5) is 4.15. The number of halogens is 3. The van der Waals surface area contributed by atoms with Crippen molar-refractivity contribution in [1.29, 1.82) is 0 Å². The third-order valence-corrected chi connectivity index (χ3v) is 4.35. The number of nitrogens with zero attached hydrogens (tertiary/aromatic N) is 1. The summed E-state index contributed by atoms with van der Waals surface area (Å²) in [7, 11) is 1.91. The molecule has 2 rings (SSSR count). The highest BCUT2D eigenvalue weighted by atomic mass is 79.9. The minimum atomic E-state index is -2.45. The fraction of sp³-hybridized carbons (Fsp3) is 0.643. The van der Waals surface area contributed by atoms with Crippen LogP contribution in [0.2, 0.25) is 0 Å². The van der Waals surface area contributed by atoms with Gasteiger partial charge in [0.25, 0.3) is 0 Å². The predicted molar refractivity (Wildman–Crippen MR) is 75.4 cm³/mol. The molecule has 0 spiro atoms. The van der Waals surface area contributed by atoms with Gasteiger partial charge in [-0.15, -0.1) is 0 Å². The van der Waals surface area contributed by atoms with Gasteiger partial charge in [0.2, 0.25) is 5.92 Å². The monoisotopic (exact) mass is 332 g/mol. The number of alkyl halides is 2. The topological polar surface area (TPSA) is 24.9 Å². The molecule has 1 atom stereocenters. The Balaban J connectivity index is 1.97. The maximum Gasteiger partial charge on any atom is 0.248 e. The van der Waals surface area contributed by atoms with Crippen molar-refractivity contribution >= 4 is 15.9 Å². The number of pyridine rings is 1. The second-order valence-electron chi connectivity index (χ2n) is 5.30. The van der Waals surface area contributed by atoms with Crippen molar-refractivity contribution in [2.45, 2.75) is 44.1 Å². The standard InChI is InChI=1S/C14H19BrF2N2/c1-18-13(7-10-6-12(15)9-19-8-10)11-2-4-14(16,17)5-3-11/h6,8-9,11,13,18H,2-5,7H2,1H3. The molecule has 0 amide bonds. The van der Waals surface area contributed by atoms with E-state index >= 15 is 0 Å². The highest BCUT2D eigenvalue weighted by Crippen LogP contribution is 2.37. The van der Waals surface area contributed by atoms with Crippen molar-refractivity contribution in [2.75, 3.05) is 7.05 Å². The molecule has 1 N–H and O–H groups in total. The van der Waals surface area contributed by atoms with E-state index in [1.165, 1.54) is 0 Å². The van der Waals surface area contributed by atoms with Crippen LogP contribution < -0.4 is 5.32 Å². The van der Waals surface area contributed by atoms with Gasteiger partial charge in [-0.1, -0.05) is 0 Å². The molecule has 1 fully saturated rings. The van der Waals surface area contributed by atoms with Gasteiger partial charge in [0, 0.05) is 35.7 Å². The summed E-state index contributed by atoms with van der Waals surface area (Å²) in [6.45, 7) is 0. The van der Waals surface area contributed by atoms with Gasteiger partial charge >= 0.3 is 0 Å². The second-order valence-corrected chi connectivity index (χ2v) is 6.22. The van der Waals surface area contributed by atoms with Crippen LogP contribution in [0.1, 0.15) is 31.2 Å². The zero-order valence-electron chi connectivity index (χ0n) is 11.0. The van der Waals surface area contributed by atoms with E-state index in [0.29, 0.717) is 18.8 Å². The van der Waals surface area contributed by atoms with Crippen molar-refractivity contribution in [1.82, 2.24) is 10.3 Å². The van der Waals surface area contributed by atoms with Crippen molar-refractivity contribution < 1.29 is 8.78 Å². The Morgan fingerprint density at radius 3 is 2.68 bits per heavy atom. The predicted octanol–water partition coefficient (Wildman–Crippen LogP) is 3.80. The van der Waals surface area contributed by atoms with Crippen LogP contribution in [-0.2, 0) is 6.42 Å². The van der Waals surface area contributed by atoms with E-state index in [-0.39, 0.29) is 18.9 Å². The summed E-state index contributed by atoms with van der Waals surface area (Å²) in [6, 6.07) is 2.28. The van der Waals surface area contributed by atoms with Crippen LogP contribution in [0.15, 0.2) is 22.9 Å². The van der Waals surface area contributed by atoms with Gasteiger partial charge in [-0.2, -0.15) is 0 Å². The maximum atomic E-state index is 13.2. The summed E-state index contributed by atoms with van der Waals surface area (Å²) in [5, 5.41) is 3.28. The fourth-order valence-electron chi connectivity index (χ4n) is 2.79. The second kappa shape index (κ2) is 6.27. The van der Waals surface area contributed by atoms with Crippen molar-refractivity contribution in [3.05, 3.63) is 28.5 Å². The minimum absolute atomic E-state index is 0.0204. The SMILES string of the molecule is CNC(Cc1cncc(Br)c1)C1CCC(F)(F)CC1. The molecule has 1 unspecified atom stereocenters. The molecule has 0 saturated heterocycles. The molecule has 2 nitrogen and oxygen atoms in total. The Morgan fingerprint density at radius 2 is 2.11 bits per heavy atom. The van der Waals surface area contributed by atoms with Gasteiger partial charge in [-0.3, -0.25) is 4.98 Å². The zero-order valence-corrected chi connectivity index (χ0v) is 12.6. The molecule has 1 saturated carbocycles. The zero-order chi connectivity index (χ0) is 13.9. The number of nitrogens with one attached hydrogen (secondary N) is 1. The van der Waals surface area contributed by atoms with E-state index in [1.807, 2.05) is 19.3 Å². The summed E-state index contributed by atoms with van der Waals surface area (Å²) in [5.74, 6) is -2.13. The number of hydrogen-bond donors (Lipinski definition) is 1. The summed E-state index contributed by atoms with van der Waals surface area (Å²) in [5.41, 5.74) is 1.13. The average Bonchev–Trinajstić information content (AvgIpc) is 2.36. The first-order chi connectivity index (χ1) is 9.00. The normalized spacial score (nSPS) is 21.3. The number of aromatic nitrogens is 1. The van der Waals surface area contributed by atoms with Crippen molar-refractivity contribution in [2.24, 2.45) is 5.92 Å². The summed E-state index contributed by atoms with van der Waals surface area (Å²) in [6.07, 6.45) is 5.66. The molecule has 19 heavy (non-hydrogen) atoms. The highest BCUT2D eigenvalue weighted by Gasteiger charge is 2.37. The fourth-order valence-corrected chi connectivity index (χ4v) is 3.20. The number of rotatable bonds is 4. The van der Waals surface area contributed by atoms with E-state index in [0.717, 1.165) is 16.5 Å². The first-order valence-corrected chi connectivity index (χ1v) is 7.44. The molecule has 0 bridgehead atoms. The number of hydrogen-bond acceptors (Lipinski definition) is 2. The quantitative estimate of drug-likeness (QED) is 0.907. The van der Waals surface area contributed by atoms with E-state index in [2.05, 4.69) is 26.2 Å². The van der Waals surface area contributed by atoms with E-state index in [4.69, 9.17) is 0 Å². The first kappa shape index (κ1) is 14.9. The smallest absolute Gasteiger partial charge is 0.248 e. The van der Waals surface area contributed by atoms with Gasteiger partial charge < -0.3 is 5.32 Å². The molecule has 1 aliphatic rings. The van der Waals surface area contributed by atoms with Gasteiger partial charge in [0.15, 0.2) is 0 Å². The molecule has 1 heterocycles. The lowest BCUT2D eigenvalue weighted by Gasteiger charge is -2.33. The van der Waals surface area contributed by atoms with Crippen LogP contribution in [-0.4, -0.2) is 24.0 Å². The van der Waals surface area contributed by atoms with Crippen LogP contribution >= 0.6 is 15.9 Å². The first-order valence-electron chi connectivity index (χ1n) is 6.65. The highest BCUT2D eigenvalue weighted by molar-refractivity contribution is 9.10. The van der Waals surface area contributed by atoms with Crippen molar-refractivity contribution in [3.63, 3.8) is 0 Å². The Kier molecular flexibility index (Phi) is 4.90. The molecular formula is C14H19BrF2N2. The van der Waals surface area contributed by atoms with Gasteiger partial charge in [0.05, 0.1) is 0 Å². The van der Waals surface area contributed by atoms with Crippen LogP contribution in [0.5, 0.6) is 0 Å². The Morgan fingerprint density at radius 1 is 1.42 bits per heavy atom. The molecule has 5 heteroatoms. The van der Waals surface area contributed by atoms with E-state index in [1.54, 1.807) is 6.20 Å². The molecule has 0 aliphatic heterocycles. The van der Waals surface area contributed by atoms with Gasteiger partial charge in [0.1, 0.15) is 0 Å². The lowest BCUT2D eigenvalue weighted by molar-refractivity contribution is -0.0492. The largest absolute Gasteiger partial charge is 0.316 e. The Labute approximate surface area is 121 Å². The van der Waals surface area contributed by atoms with Gasteiger partial charge in [-0.05, 0) is 59.8 Å². The molecule has 0 aromatic carbocycles. The number of likely N-dealkylation sites (N-methyl/N-ethyl adjacent to an activating group) is 1. The average molecular weight is 333 g/mol. The third kappa shape index (κ3) is 4.21. The molecule has 1 aromatic rings.